The summed E-state index contributed by atoms with van der Waals surface area (Å²) in [6.45, 7) is 2.46. The maximum atomic E-state index is 14.0. The number of carbonyl (C=O) groups excluding carboxylic acids is 1. The number of piperidine rings is 1. The second kappa shape index (κ2) is 5.10. The van der Waals surface area contributed by atoms with Gasteiger partial charge in [-0.1, -0.05) is 17.7 Å². The van der Waals surface area contributed by atoms with E-state index in [4.69, 9.17) is 11.6 Å². The van der Waals surface area contributed by atoms with Crippen molar-refractivity contribution < 1.29 is 9.18 Å². The number of nitrogens with zero attached hydrogens (tertiary/aromatic N) is 1. The normalized spacial score (nSPS) is 26.3. The van der Waals surface area contributed by atoms with Gasteiger partial charge in [-0.05, 0) is 30.9 Å². The Morgan fingerprint density at radius 3 is 3.11 bits per heavy atom. The van der Waals surface area contributed by atoms with Crippen LogP contribution in [-0.2, 0) is 0 Å². The first-order valence-corrected chi connectivity index (χ1v) is 7.02. The molecule has 0 saturated carbocycles. The van der Waals surface area contributed by atoms with Crippen molar-refractivity contribution in [2.24, 2.45) is 5.92 Å². The number of benzene rings is 1. The van der Waals surface area contributed by atoms with Gasteiger partial charge in [-0.15, -0.1) is 0 Å². The average molecular weight is 283 g/mol. The third kappa shape index (κ3) is 2.23. The van der Waals surface area contributed by atoms with Crippen LogP contribution in [0.25, 0.3) is 0 Å². The fourth-order valence-electron chi connectivity index (χ4n) is 3.14. The molecule has 0 spiro atoms. The molecule has 19 heavy (non-hydrogen) atoms. The summed E-state index contributed by atoms with van der Waals surface area (Å²) in [6.07, 6.45) is 2.12. The molecule has 1 aromatic carbocycles. The number of carbonyl (C=O) groups is 1. The van der Waals surface area contributed by atoms with E-state index in [1.165, 1.54) is 12.1 Å². The highest BCUT2D eigenvalue weighted by Gasteiger charge is 2.38. The zero-order valence-corrected chi connectivity index (χ0v) is 11.3. The summed E-state index contributed by atoms with van der Waals surface area (Å²) in [5.41, 5.74) is 0.0834. The predicted octanol–water partition coefficient (Wildman–Crippen LogP) is 2.30. The van der Waals surface area contributed by atoms with Crippen LogP contribution in [0.3, 0.4) is 0 Å². The molecule has 0 bridgehead atoms. The van der Waals surface area contributed by atoms with Crippen molar-refractivity contribution in [2.75, 3.05) is 19.6 Å². The van der Waals surface area contributed by atoms with Crippen LogP contribution >= 0.6 is 11.6 Å². The average Bonchev–Trinajstić information content (AvgIpc) is 2.89. The van der Waals surface area contributed by atoms with Gasteiger partial charge in [0.25, 0.3) is 5.91 Å². The van der Waals surface area contributed by atoms with E-state index in [2.05, 4.69) is 5.32 Å². The van der Waals surface area contributed by atoms with Crippen molar-refractivity contribution in [2.45, 2.75) is 18.9 Å². The summed E-state index contributed by atoms with van der Waals surface area (Å²) < 4.78 is 14.0. The second-order valence-corrected chi connectivity index (χ2v) is 5.64. The number of amides is 1. The third-order valence-corrected chi connectivity index (χ3v) is 4.41. The monoisotopic (exact) mass is 282 g/mol. The Bertz CT molecular complexity index is 508. The zero-order valence-electron chi connectivity index (χ0n) is 10.5. The van der Waals surface area contributed by atoms with Crippen LogP contribution in [0.5, 0.6) is 0 Å². The Morgan fingerprint density at radius 1 is 1.42 bits per heavy atom. The summed E-state index contributed by atoms with van der Waals surface area (Å²) >= 11 is 5.75. The number of fused-ring (bicyclic) bond motifs is 1. The molecule has 2 fully saturated rings. The van der Waals surface area contributed by atoms with Gasteiger partial charge in [0.2, 0.25) is 0 Å². The van der Waals surface area contributed by atoms with Crippen molar-refractivity contribution in [3.8, 4) is 0 Å². The highest BCUT2D eigenvalue weighted by atomic mass is 35.5. The molecule has 0 aromatic heterocycles. The summed E-state index contributed by atoms with van der Waals surface area (Å²) in [5.74, 6) is -0.347. The Morgan fingerprint density at radius 2 is 2.26 bits per heavy atom. The fraction of sp³-hybridized carbons (Fsp3) is 0.500. The van der Waals surface area contributed by atoms with E-state index in [9.17, 15) is 9.18 Å². The minimum Gasteiger partial charge on any atom is -0.334 e. The molecule has 1 aromatic rings. The van der Waals surface area contributed by atoms with Crippen LogP contribution in [0, 0.1) is 11.7 Å². The molecule has 3 rings (SSSR count). The van der Waals surface area contributed by atoms with Crippen molar-refractivity contribution >= 4 is 17.5 Å². The van der Waals surface area contributed by atoms with E-state index >= 15 is 0 Å². The van der Waals surface area contributed by atoms with Gasteiger partial charge in [0.1, 0.15) is 0 Å². The molecule has 2 atom stereocenters. The van der Waals surface area contributed by atoms with E-state index in [-0.39, 0.29) is 22.5 Å². The van der Waals surface area contributed by atoms with E-state index in [1.807, 2.05) is 4.90 Å². The molecule has 0 aliphatic carbocycles. The van der Waals surface area contributed by atoms with Gasteiger partial charge in [0.15, 0.2) is 5.82 Å². The Hall–Kier alpha value is -1.13. The van der Waals surface area contributed by atoms with Gasteiger partial charge in [-0.25, -0.2) is 4.39 Å². The molecule has 2 heterocycles. The maximum absolute atomic E-state index is 14.0. The summed E-state index contributed by atoms with van der Waals surface area (Å²) in [6, 6.07) is 4.78. The van der Waals surface area contributed by atoms with Gasteiger partial charge in [0, 0.05) is 25.7 Å². The SMILES string of the molecule is O=C(c1cccc(Cl)c1F)N1CCCC2CNCC21. The topological polar surface area (TPSA) is 32.3 Å². The predicted molar refractivity (Wildman–Crippen MR) is 71.8 cm³/mol. The lowest BCUT2D eigenvalue weighted by Gasteiger charge is -2.37. The van der Waals surface area contributed by atoms with Gasteiger partial charge in [-0.3, -0.25) is 4.79 Å². The van der Waals surface area contributed by atoms with Gasteiger partial charge >= 0.3 is 0 Å². The third-order valence-electron chi connectivity index (χ3n) is 4.12. The summed E-state index contributed by atoms with van der Waals surface area (Å²) in [4.78, 5) is 14.3. The largest absolute Gasteiger partial charge is 0.334 e. The smallest absolute Gasteiger partial charge is 0.257 e. The molecule has 2 unspecified atom stereocenters. The van der Waals surface area contributed by atoms with Crippen LogP contribution in [0.2, 0.25) is 5.02 Å². The highest BCUT2D eigenvalue weighted by Crippen LogP contribution is 2.29. The zero-order chi connectivity index (χ0) is 13.4. The minimum atomic E-state index is -0.609. The van der Waals surface area contributed by atoms with E-state index < -0.39 is 5.82 Å². The van der Waals surface area contributed by atoms with Crippen LogP contribution in [0.15, 0.2) is 18.2 Å². The minimum absolute atomic E-state index is 0.00366. The summed E-state index contributed by atoms with van der Waals surface area (Å²) in [7, 11) is 0. The Kier molecular flexibility index (Phi) is 3.46. The van der Waals surface area contributed by atoms with E-state index in [0.29, 0.717) is 12.5 Å². The molecular formula is C14H16ClFN2O. The summed E-state index contributed by atoms with van der Waals surface area (Å²) in [5, 5.41) is 3.32. The number of nitrogens with one attached hydrogen (secondary N) is 1. The Balaban J connectivity index is 1.88. The quantitative estimate of drug-likeness (QED) is 0.857. The number of hydrogen-bond donors (Lipinski definition) is 1. The molecule has 1 N–H and O–H groups in total. The van der Waals surface area contributed by atoms with Gasteiger partial charge in [0.05, 0.1) is 10.6 Å². The van der Waals surface area contributed by atoms with Crippen LogP contribution < -0.4 is 5.32 Å². The van der Waals surface area contributed by atoms with Crippen molar-refractivity contribution in [3.63, 3.8) is 0 Å². The van der Waals surface area contributed by atoms with Crippen molar-refractivity contribution in [1.29, 1.82) is 0 Å². The Labute approximate surface area is 116 Å². The molecular weight excluding hydrogens is 267 g/mol. The van der Waals surface area contributed by atoms with Crippen molar-refractivity contribution in [3.05, 3.63) is 34.6 Å². The van der Waals surface area contributed by atoms with Crippen molar-refractivity contribution in [1.82, 2.24) is 10.2 Å². The lowest BCUT2D eigenvalue weighted by atomic mass is 9.91. The van der Waals surface area contributed by atoms with Crippen LogP contribution in [0.4, 0.5) is 4.39 Å². The van der Waals surface area contributed by atoms with E-state index in [1.54, 1.807) is 6.07 Å². The maximum Gasteiger partial charge on any atom is 0.257 e. The molecule has 5 heteroatoms. The van der Waals surface area contributed by atoms with Gasteiger partial charge in [-0.2, -0.15) is 0 Å². The second-order valence-electron chi connectivity index (χ2n) is 5.23. The van der Waals surface area contributed by atoms with Crippen LogP contribution in [-0.4, -0.2) is 36.5 Å². The molecule has 2 saturated heterocycles. The van der Waals surface area contributed by atoms with Gasteiger partial charge < -0.3 is 10.2 Å². The lowest BCUT2D eigenvalue weighted by molar-refractivity contribution is 0.0570. The molecule has 3 nitrogen and oxygen atoms in total. The number of likely N-dealkylation sites (tertiary alicyclic amines) is 1. The standard InChI is InChI=1S/C14H16ClFN2O/c15-11-5-1-4-10(13(11)16)14(19)18-6-2-3-9-7-17-8-12(9)18/h1,4-5,9,12,17H,2-3,6-8H2. The molecule has 2 aliphatic heterocycles. The first kappa shape index (κ1) is 12.9. The lowest BCUT2D eigenvalue weighted by Crippen LogP contribution is -2.48. The number of halogens is 2. The van der Waals surface area contributed by atoms with E-state index in [0.717, 1.165) is 25.9 Å². The molecule has 1 amide bonds. The number of hydrogen-bond acceptors (Lipinski definition) is 2. The van der Waals surface area contributed by atoms with Crippen LogP contribution in [0.1, 0.15) is 23.2 Å². The fourth-order valence-corrected chi connectivity index (χ4v) is 3.32. The first-order chi connectivity index (χ1) is 9.18. The number of rotatable bonds is 1. The molecule has 0 radical (unpaired) electrons. The first-order valence-electron chi connectivity index (χ1n) is 6.64. The molecule has 2 aliphatic rings. The highest BCUT2D eigenvalue weighted by molar-refractivity contribution is 6.31. The molecule has 102 valence electrons.